The zero-order valence-corrected chi connectivity index (χ0v) is 8.74. The van der Waals surface area contributed by atoms with Crippen LogP contribution in [0.4, 0.5) is 0 Å². The van der Waals surface area contributed by atoms with Crippen molar-refractivity contribution in [3.63, 3.8) is 0 Å². The summed E-state index contributed by atoms with van der Waals surface area (Å²) in [5.41, 5.74) is 1.51. The minimum atomic E-state index is -0.0576. The van der Waals surface area contributed by atoms with Gasteiger partial charge in [0.2, 0.25) is 0 Å². The van der Waals surface area contributed by atoms with E-state index in [1.54, 1.807) is 17.7 Å². The fraction of sp³-hybridized carbons (Fsp3) is 0.455. The third-order valence-electron chi connectivity index (χ3n) is 2.28. The van der Waals surface area contributed by atoms with E-state index in [2.05, 4.69) is 0 Å². The lowest BCUT2D eigenvalue weighted by Gasteiger charge is -2.11. The van der Waals surface area contributed by atoms with Crippen LogP contribution in [0, 0.1) is 11.3 Å². The summed E-state index contributed by atoms with van der Waals surface area (Å²) in [4.78, 5) is 11.7. The van der Waals surface area contributed by atoms with E-state index >= 15 is 0 Å². The Bertz CT molecular complexity index is 424. The first-order valence-corrected chi connectivity index (χ1v) is 4.63. The molecule has 3 nitrogen and oxygen atoms in total. The molecule has 0 fully saturated rings. The van der Waals surface area contributed by atoms with Crippen molar-refractivity contribution in [1.82, 2.24) is 4.57 Å². The average molecular weight is 190 g/mol. The molecule has 0 aliphatic carbocycles. The lowest BCUT2D eigenvalue weighted by molar-refractivity contribution is 0.700. The first kappa shape index (κ1) is 10.5. The second-order valence-electron chi connectivity index (χ2n) is 3.64. The van der Waals surface area contributed by atoms with E-state index in [0.717, 1.165) is 5.69 Å². The minimum Gasteiger partial charge on any atom is -0.315 e. The molecule has 14 heavy (non-hydrogen) atoms. The van der Waals surface area contributed by atoms with Crippen LogP contribution in [0.1, 0.15) is 31.0 Å². The highest BCUT2D eigenvalue weighted by Gasteiger charge is 2.07. The van der Waals surface area contributed by atoms with Gasteiger partial charge in [-0.15, -0.1) is 0 Å². The van der Waals surface area contributed by atoms with Gasteiger partial charge in [0.05, 0.1) is 12.5 Å². The van der Waals surface area contributed by atoms with E-state index in [-0.39, 0.29) is 12.0 Å². The van der Waals surface area contributed by atoms with E-state index in [1.165, 1.54) is 0 Å². The van der Waals surface area contributed by atoms with Crippen LogP contribution in [0.5, 0.6) is 0 Å². The molecule has 0 unspecified atom stereocenters. The van der Waals surface area contributed by atoms with Gasteiger partial charge in [-0.3, -0.25) is 4.79 Å². The molecule has 0 bridgehead atoms. The van der Waals surface area contributed by atoms with Gasteiger partial charge in [-0.25, -0.2) is 0 Å². The van der Waals surface area contributed by atoms with E-state index in [1.807, 2.05) is 26.0 Å². The Kier molecular flexibility index (Phi) is 3.08. The zero-order valence-electron chi connectivity index (χ0n) is 8.74. The molecule has 0 atom stereocenters. The Hall–Kier alpha value is -1.56. The van der Waals surface area contributed by atoms with Gasteiger partial charge in [-0.05, 0) is 12.0 Å². The molecule has 0 aliphatic rings. The first-order chi connectivity index (χ1) is 6.57. The predicted molar refractivity (Wildman–Crippen MR) is 55.1 cm³/mol. The second kappa shape index (κ2) is 4.10. The van der Waals surface area contributed by atoms with E-state index in [9.17, 15) is 4.79 Å². The van der Waals surface area contributed by atoms with Crippen molar-refractivity contribution in [2.24, 2.45) is 7.05 Å². The number of rotatable bonds is 2. The normalized spacial score (nSPS) is 10.2. The maximum atomic E-state index is 11.7. The lowest BCUT2D eigenvalue weighted by atomic mass is 10.1. The van der Waals surface area contributed by atoms with Crippen LogP contribution in [-0.4, -0.2) is 4.57 Å². The van der Waals surface area contributed by atoms with Crippen LogP contribution in [-0.2, 0) is 13.5 Å². The largest absolute Gasteiger partial charge is 0.315 e. The average Bonchev–Trinajstić information content (AvgIpc) is 2.13. The number of hydrogen-bond donors (Lipinski definition) is 0. The monoisotopic (exact) mass is 190 g/mol. The van der Waals surface area contributed by atoms with Crippen molar-refractivity contribution >= 4 is 0 Å². The molecule has 0 radical (unpaired) electrons. The van der Waals surface area contributed by atoms with Crippen molar-refractivity contribution in [3.8, 4) is 6.07 Å². The topological polar surface area (TPSA) is 45.8 Å². The molecule has 0 amide bonds. The van der Waals surface area contributed by atoms with Gasteiger partial charge < -0.3 is 4.57 Å². The van der Waals surface area contributed by atoms with Gasteiger partial charge in [-0.2, -0.15) is 5.26 Å². The van der Waals surface area contributed by atoms with Gasteiger partial charge in [0, 0.05) is 18.3 Å². The summed E-state index contributed by atoms with van der Waals surface area (Å²) in [7, 11) is 1.75. The molecule has 0 aromatic carbocycles. The van der Waals surface area contributed by atoms with Crippen molar-refractivity contribution in [2.45, 2.75) is 26.2 Å². The highest BCUT2D eigenvalue weighted by molar-refractivity contribution is 5.20. The minimum absolute atomic E-state index is 0.0576. The molecular formula is C11H14N2O. The Morgan fingerprint density at radius 1 is 1.50 bits per heavy atom. The third kappa shape index (κ3) is 1.85. The molecule has 0 aliphatic heterocycles. The fourth-order valence-corrected chi connectivity index (χ4v) is 1.50. The summed E-state index contributed by atoms with van der Waals surface area (Å²) in [6.07, 6.45) is 0.186. The molecule has 0 saturated heterocycles. The molecule has 1 heterocycles. The number of nitriles is 1. The van der Waals surface area contributed by atoms with E-state index in [0.29, 0.717) is 11.5 Å². The maximum Gasteiger partial charge on any atom is 0.254 e. The van der Waals surface area contributed by atoms with Gasteiger partial charge in [0.15, 0.2) is 0 Å². The van der Waals surface area contributed by atoms with Gasteiger partial charge >= 0.3 is 0 Å². The molecule has 0 spiro atoms. The van der Waals surface area contributed by atoms with Crippen LogP contribution in [0.15, 0.2) is 16.9 Å². The Morgan fingerprint density at radius 3 is 2.64 bits per heavy atom. The molecule has 74 valence electrons. The summed E-state index contributed by atoms with van der Waals surface area (Å²) in [6, 6.07) is 5.65. The summed E-state index contributed by atoms with van der Waals surface area (Å²) in [5.74, 6) is 0.323. The number of hydrogen-bond acceptors (Lipinski definition) is 2. The van der Waals surface area contributed by atoms with Crippen molar-refractivity contribution in [3.05, 3.63) is 33.7 Å². The highest BCUT2D eigenvalue weighted by Crippen LogP contribution is 2.11. The quantitative estimate of drug-likeness (QED) is 0.710. The first-order valence-electron chi connectivity index (χ1n) is 4.63. The van der Waals surface area contributed by atoms with E-state index in [4.69, 9.17) is 5.26 Å². The molecule has 0 saturated carbocycles. The maximum absolute atomic E-state index is 11.7. The van der Waals surface area contributed by atoms with Crippen LogP contribution >= 0.6 is 0 Å². The van der Waals surface area contributed by atoms with Crippen molar-refractivity contribution in [1.29, 1.82) is 5.26 Å². The Morgan fingerprint density at radius 2 is 2.14 bits per heavy atom. The number of nitrogens with zero attached hydrogens (tertiary/aromatic N) is 2. The molecule has 1 aromatic rings. The smallest absolute Gasteiger partial charge is 0.254 e. The summed E-state index contributed by atoms with van der Waals surface area (Å²) in [5, 5.41) is 8.52. The lowest BCUT2D eigenvalue weighted by Crippen LogP contribution is -2.24. The molecule has 0 N–H and O–H groups in total. The molecule has 1 rings (SSSR count). The van der Waals surface area contributed by atoms with Crippen molar-refractivity contribution < 1.29 is 0 Å². The molecule has 3 heteroatoms. The van der Waals surface area contributed by atoms with Gasteiger partial charge in [0.25, 0.3) is 5.56 Å². The zero-order chi connectivity index (χ0) is 10.7. The molecular weight excluding hydrogens is 176 g/mol. The summed E-state index contributed by atoms with van der Waals surface area (Å²) in [6.45, 7) is 4.08. The van der Waals surface area contributed by atoms with Crippen LogP contribution in [0.3, 0.4) is 0 Å². The standard InChI is InChI=1S/C11H14N2O/c1-8(2)10-5-4-9(6-7-12)11(14)13(10)3/h4-5,8H,6H2,1-3H3. The number of pyridine rings is 1. The van der Waals surface area contributed by atoms with Crippen LogP contribution < -0.4 is 5.56 Å². The van der Waals surface area contributed by atoms with E-state index < -0.39 is 0 Å². The summed E-state index contributed by atoms with van der Waals surface area (Å²) < 4.78 is 1.62. The van der Waals surface area contributed by atoms with Crippen LogP contribution in [0.25, 0.3) is 0 Å². The predicted octanol–water partition coefficient (Wildman–Crippen LogP) is 1.57. The number of aromatic nitrogens is 1. The van der Waals surface area contributed by atoms with Gasteiger partial charge in [-0.1, -0.05) is 19.9 Å². The van der Waals surface area contributed by atoms with Crippen LogP contribution in [0.2, 0.25) is 0 Å². The second-order valence-corrected chi connectivity index (χ2v) is 3.64. The fourth-order valence-electron chi connectivity index (χ4n) is 1.50. The van der Waals surface area contributed by atoms with Gasteiger partial charge in [0.1, 0.15) is 0 Å². The summed E-state index contributed by atoms with van der Waals surface area (Å²) >= 11 is 0. The SMILES string of the molecule is CC(C)c1ccc(CC#N)c(=O)n1C. The Labute approximate surface area is 83.6 Å². The Balaban J connectivity index is 3.28. The highest BCUT2D eigenvalue weighted by atomic mass is 16.1. The molecule has 1 aromatic heterocycles. The third-order valence-corrected chi connectivity index (χ3v) is 2.28. The van der Waals surface area contributed by atoms with Crippen molar-refractivity contribution in [2.75, 3.05) is 0 Å².